The van der Waals surface area contributed by atoms with Crippen LogP contribution in [-0.2, 0) is 24.2 Å². The Kier molecular flexibility index (Phi) is 5.06. The fraction of sp³-hybridized carbons (Fsp3) is 0.261. The first-order valence-corrected chi connectivity index (χ1v) is 9.69. The van der Waals surface area contributed by atoms with Crippen molar-refractivity contribution in [2.24, 2.45) is 0 Å². The van der Waals surface area contributed by atoms with Crippen molar-refractivity contribution in [3.63, 3.8) is 0 Å². The number of benzene rings is 2. The first kappa shape index (κ1) is 18.2. The van der Waals surface area contributed by atoms with E-state index in [0.29, 0.717) is 12.2 Å². The van der Waals surface area contributed by atoms with E-state index in [1.54, 1.807) is 0 Å². The molecule has 0 aliphatic heterocycles. The molecule has 3 aromatic rings. The Hall–Kier alpha value is -3.21. The van der Waals surface area contributed by atoms with Gasteiger partial charge < -0.3 is 5.32 Å². The third kappa shape index (κ3) is 3.60. The van der Waals surface area contributed by atoms with Gasteiger partial charge in [0.15, 0.2) is 0 Å². The highest BCUT2D eigenvalue weighted by atomic mass is 16.2. The van der Waals surface area contributed by atoms with Gasteiger partial charge in [-0.2, -0.15) is 0 Å². The van der Waals surface area contributed by atoms with Crippen LogP contribution in [0.2, 0.25) is 0 Å². The molecule has 1 atom stereocenters. The molecule has 1 N–H and O–H groups in total. The van der Waals surface area contributed by atoms with Crippen LogP contribution in [0, 0.1) is 0 Å². The Bertz CT molecular complexity index is 1060. The highest BCUT2D eigenvalue weighted by Gasteiger charge is 2.24. The molecule has 5 heteroatoms. The summed E-state index contributed by atoms with van der Waals surface area (Å²) in [6.07, 6.45) is 2.52. The van der Waals surface area contributed by atoms with Crippen LogP contribution < -0.4 is 10.9 Å². The predicted molar refractivity (Wildman–Crippen MR) is 109 cm³/mol. The summed E-state index contributed by atoms with van der Waals surface area (Å²) >= 11 is 0. The molecule has 2 aromatic carbocycles. The second kappa shape index (κ2) is 7.80. The van der Waals surface area contributed by atoms with Crippen molar-refractivity contribution in [3.8, 4) is 11.4 Å². The van der Waals surface area contributed by atoms with Gasteiger partial charge in [0.25, 0.3) is 5.56 Å². The number of nitrogens with one attached hydrogen (secondary N) is 1. The van der Waals surface area contributed by atoms with E-state index in [0.717, 1.165) is 24.1 Å². The Morgan fingerprint density at radius 1 is 1.14 bits per heavy atom. The van der Waals surface area contributed by atoms with Gasteiger partial charge in [-0.05, 0) is 30.4 Å². The smallest absolute Gasteiger partial charge is 0.254 e. The van der Waals surface area contributed by atoms with E-state index in [4.69, 9.17) is 0 Å². The molecule has 1 aliphatic carbocycles. The summed E-state index contributed by atoms with van der Waals surface area (Å²) in [5.74, 6) is 0.360. The summed E-state index contributed by atoms with van der Waals surface area (Å²) in [7, 11) is 0. The molecule has 4 rings (SSSR count). The molecule has 0 bridgehead atoms. The number of aryl methyl sites for hydroxylation is 2. The van der Waals surface area contributed by atoms with Gasteiger partial charge in [0.2, 0.25) is 5.91 Å². The van der Waals surface area contributed by atoms with E-state index < -0.39 is 0 Å². The quantitative estimate of drug-likeness (QED) is 0.746. The fourth-order valence-corrected chi connectivity index (χ4v) is 3.79. The van der Waals surface area contributed by atoms with E-state index in [9.17, 15) is 9.59 Å². The van der Waals surface area contributed by atoms with Crippen molar-refractivity contribution in [3.05, 3.63) is 87.8 Å². The minimum Gasteiger partial charge on any atom is -0.348 e. The normalized spacial score (nSPS) is 15.2. The summed E-state index contributed by atoms with van der Waals surface area (Å²) in [5, 5.41) is 3.09. The van der Waals surface area contributed by atoms with Crippen LogP contribution in [0.4, 0.5) is 0 Å². The molecule has 1 aromatic heterocycles. The largest absolute Gasteiger partial charge is 0.348 e. The summed E-state index contributed by atoms with van der Waals surface area (Å²) in [5.41, 5.74) is 3.81. The van der Waals surface area contributed by atoms with E-state index >= 15 is 0 Å². The van der Waals surface area contributed by atoms with Crippen molar-refractivity contribution in [1.82, 2.24) is 14.9 Å². The van der Waals surface area contributed by atoms with Gasteiger partial charge in [0.1, 0.15) is 12.4 Å². The Morgan fingerprint density at radius 3 is 2.68 bits per heavy atom. The van der Waals surface area contributed by atoms with E-state index in [-0.39, 0.29) is 24.1 Å². The first-order chi connectivity index (χ1) is 13.7. The number of fused-ring (bicyclic) bond motifs is 1. The lowest BCUT2D eigenvalue weighted by atomic mass is 10.1. The zero-order chi connectivity index (χ0) is 19.5. The van der Waals surface area contributed by atoms with Crippen LogP contribution in [0.3, 0.4) is 0 Å². The van der Waals surface area contributed by atoms with Gasteiger partial charge in [-0.25, -0.2) is 4.98 Å². The topological polar surface area (TPSA) is 64.0 Å². The average Bonchev–Trinajstić information content (AvgIpc) is 3.13. The number of carbonyl (C=O) groups excluding carboxylic acids is 1. The molecular formula is C23H23N3O2. The molecule has 0 saturated heterocycles. The molecule has 1 aliphatic rings. The van der Waals surface area contributed by atoms with Gasteiger partial charge in [0.05, 0.1) is 6.04 Å². The lowest BCUT2D eigenvalue weighted by molar-refractivity contribution is -0.122. The Labute approximate surface area is 164 Å². The summed E-state index contributed by atoms with van der Waals surface area (Å²) in [6, 6.07) is 19.2. The zero-order valence-electron chi connectivity index (χ0n) is 15.9. The van der Waals surface area contributed by atoms with Crippen molar-refractivity contribution in [2.45, 2.75) is 38.8 Å². The second-order valence-corrected chi connectivity index (χ2v) is 7.07. The number of hydrogen-bond donors (Lipinski definition) is 1. The van der Waals surface area contributed by atoms with E-state index in [2.05, 4.69) is 22.4 Å². The highest BCUT2D eigenvalue weighted by Crippen LogP contribution is 2.30. The fourth-order valence-electron chi connectivity index (χ4n) is 3.79. The number of rotatable bonds is 5. The summed E-state index contributed by atoms with van der Waals surface area (Å²) in [6.45, 7) is 1.92. The third-order valence-electron chi connectivity index (χ3n) is 5.23. The van der Waals surface area contributed by atoms with Crippen LogP contribution in [-0.4, -0.2) is 15.5 Å². The Balaban J connectivity index is 1.61. The summed E-state index contributed by atoms with van der Waals surface area (Å²) < 4.78 is 1.46. The molecule has 0 fully saturated rings. The Morgan fingerprint density at radius 2 is 1.89 bits per heavy atom. The average molecular weight is 373 g/mol. The maximum Gasteiger partial charge on any atom is 0.254 e. The van der Waals surface area contributed by atoms with E-state index in [1.165, 1.54) is 21.8 Å². The van der Waals surface area contributed by atoms with Crippen molar-refractivity contribution in [1.29, 1.82) is 0 Å². The monoisotopic (exact) mass is 373 g/mol. The molecule has 0 spiro atoms. The standard InChI is InChI=1S/C23H23N3O2/c1-2-18-14-22(28)26(23(24-18)17-9-4-3-5-10-17)15-21(27)25-20-13-12-16-8-6-7-11-19(16)20/h3-11,14,20H,2,12-13,15H2,1H3,(H,25,27). The molecule has 142 valence electrons. The van der Waals surface area contributed by atoms with Gasteiger partial charge >= 0.3 is 0 Å². The molecule has 0 radical (unpaired) electrons. The van der Waals surface area contributed by atoms with Crippen LogP contribution in [0.25, 0.3) is 11.4 Å². The number of carbonyl (C=O) groups is 1. The van der Waals surface area contributed by atoms with Crippen LogP contribution in [0.5, 0.6) is 0 Å². The minimum atomic E-state index is -0.201. The minimum absolute atomic E-state index is 0.00227. The number of aromatic nitrogens is 2. The van der Waals surface area contributed by atoms with Crippen molar-refractivity contribution in [2.75, 3.05) is 0 Å². The second-order valence-electron chi connectivity index (χ2n) is 7.07. The van der Waals surface area contributed by atoms with Gasteiger partial charge in [0, 0.05) is 17.3 Å². The van der Waals surface area contributed by atoms with Gasteiger partial charge in [-0.15, -0.1) is 0 Å². The summed E-state index contributed by atoms with van der Waals surface area (Å²) in [4.78, 5) is 30.1. The van der Waals surface area contributed by atoms with Crippen LogP contribution >= 0.6 is 0 Å². The van der Waals surface area contributed by atoms with Gasteiger partial charge in [-0.1, -0.05) is 61.5 Å². The number of hydrogen-bond acceptors (Lipinski definition) is 3. The lowest BCUT2D eigenvalue weighted by Crippen LogP contribution is -2.35. The van der Waals surface area contributed by atoms with Crippen molar-refractivity contribution < 1.29 is 4.79 Å². The van der Waals surface area contributed by atoms with Crippen molar-refractivity contribution >= 4 is 5.91 Å². The maximum atomic E-state index is 12.8. The first-order valence-electron chi connectivity index (χ1n) is 9.69. The molecule has 0 saturated carbocycles. The van der Waals surface area contributed by atoms with E-state index in [1.807, 2.05) is 49.4 Å². The predicted octanol–water partition coefficient (Wildman–Crippen LogP) is 3.28. The highest BCUT2D eigenvalue weighted by molar-refractivity contribution is 5.77. The maximum absolute atomic E-state index is 12.8. The zero-order valence-corrected chi connectivity index (χ0v) is 15.9. The molecule has 5 nitrogen and oxygen atoms in total. The van der Waals surface area contributed by atoms with Crippen LogP contribution in [0.1, 0.15) is 36.2 Å². The molecule has 28 heavy (non-hydrogen) atoms. The van der Waals surface area contributed by atoms with Crippen LogP contribution in [0.15, 0.2) is 65.5 Å². The number of nitrogens with zero attached hydrogens (tertiary/aromatic N) is 2. The molecule has 1 unspecified atom stereocenters. The molecule has 1 amide bonds. The molecular weight excluding hydrogens is 350 g/mol. The lowest BCUT2D eigenvalue weighted by Gasteiger charge is -2.17. The SMILES string of the molecule is CCc1cc(=O)n(CC(=O)NC2CCc3ccccc32)c(-c2ccccc2)n1. The third-order valence-corrected chi connectivity index (χ3v) is 5.23. The number of amides is 1. The van der Waals surface area contributed by atoms with Gasteiger partial charge in [-0.3, -0.25) is 14.2 Å². The molecule has 1 heterocycles.